The molecule has 0 spiro atoms. The van der Waals surface area contributed by atoms with Gasteiger partial charge in [0.2, 0.25) is 10.0 Å². The molecule has 0 N–H and O–H groups in total. The number of fused-ring (bicyclic) bond motifs is 3. The normalized spacial score (nSPS) is 22.4. The van der Waals surface area contributed by atoms with Crippen LogP contribution < -0.4 is 0 Å². The first-order chi connectivity index (χ1) is 13.0. The van der Waals surface area contributed by atoms with Gasteiger partial charge in [0.1, 0.15) is 5.54 Å². The third-order valence-electron chi connectivity index (χ3n) is 4.97. The Morgan fingerprint density at radius 2 is 2.04 bits per heavy atom. The van der Waals surface area contributed by atoms with Crippen LogP contribution in [0.25, 0.3) is 0 Å². The lowest BCUT2D eigenvalue weighted by molar-refractivity contribution is -0.139. The second-order valence-electron chi connectivity index (χ2n) is 6.27. The largest absolute Gasteiger partial charge is 0.463 e. The summed E-state index contributed by atoms with van der Waals surface area (Å²) in [5.41, 5.74) is 0.365. The molecular weight excluding hydrogens is 364 g/mol. The maximum absolute atomic E-state index is 13.2. The predicted octanol–water partition coefficient (Wildman–Crippen LogP) is 2.31. The van der Waals surface area contributed by atoms with E-state index < -0.39 is 21.5 Å². The van der Waals surface area contributed by atoms with Gasteiger partial charge in [-0.05, 0) is 30.7 Å². The number of hydrogen-bond donors (Lipinski definition) is 0. The molecule has 0 amide bonds. The van der Waals surface area contributed by atoms with E-state index in [4.69, 9.17) is 4.74 Å². The van der Waals surface area contributed by atoms with Gasteiger partial charge in [0.25, 0.3) is 0 Å². The van der Waals surface area contributed by atoms with Gasteiger partial charge in [-0.25, -0.2) is 13.2 Å². The van der Waals surface area contributed by atoms with Crippen LogP contribution in [0, 0.1) is 11.3 Å². The molecule has 6 nitrogen and oxygen atoms in total. The number of esters is 1. The molecule has 0 aromatic heterocycles. The molecule has 2 heterocycles. The van der Waals surface area contributed by atoms with Crippen LogP contribution in [0.15, 0.2) is 65.1 Å². The van der Waals surface area contributed by atoms with E-state index in [0.29, 0.717) is 16.7 Å². The van der Waals surface area contributed by atoms with Crippen molar-refractivity contribution < 1.29 is 17.9 Å². The van der Waals surface area contributed by atoms with Crippen molar-refractivity contribution in [3.63, 3.8) is 0 Å². The maximum atomic E-state index is 13.2. The summed E-state index contributed by atoms with van der Waals surface area (Å²) in [6.45, 7) is 1.94. The number of ether oxygens (including phenoxy) is 1. The molecule has 136 valence electrons. The first-order valence-electron chi connectivity index (χ1n) is 8.48. The van der Waals surface area contributed by atoms with E-state index in [1.807, 2.05) is 0 Å². The van der Waals surface area contributed by atoms with Crippen LogP contribution in [0.5, 0.6) is 0 Å². The molecule has 0 aliphatic carbocycles. The summed E-state index contributed by atoms with van der Waals surface area (Å²) >= 11 is 0. The van der Waals surface area contributed by atoms with Crippen LogP contribution in [0.4, 0.5) is 0 Å². The summed E-state index contributed by atoms with van der Waals surface area (Å²) in [4.78, 5) is 12.9. The number of hydrogen-bond acceptors (Lipinski definition) is 5. The number of benzene rings is 2. The molecule has 27 heavy (non-hydrogen) atoms. The average molecular weight is 380 g/mol. The SMILES string of the molecule is CCOC(=O)C1=CCN2C1(c1cccc(C#N)c1)c1ccccc1S2(=O)=O. The summed E-state index contributed by atoms with van der Waals surface area (Å²) in [7, 11) is -3.80. The molecule has 0 radical (unpaired) electrons. The molecule has 7 heteroatoms. The molecule has 2 aromatic carbocycles. The predicted molar refractivity (Wildman–Crippen MR) is 97.0 cm³/mol. The van der Waals surface area contributed by atoms with E-state index >= 15 is 0 Å². The number of rotatable bonds is 3. The molecule has 2 aromatic rings. The number of carbonyl (C=O) groups is 1. The van der Waals surface area contributed by atoms with Crippen molar-refractivity contribution >= 4 is 16.0 Å². The molecule has 1 atom stereocenters. The van der Waals surface area contributed by atoms with Crippen molar-refractivity contribution in [2.75, 3.05) is 13.2 Å². The summed E-state index contributed by atoms with van der Waals surface area (Å²) in [6, 6.07) is 15.4. The molecule has 0 fully saturated rings. The molecule has 4 rings (SSSR count). The van der Waals surface area contributed by atoms with Gasteiger partial charge in [-0.15, -0.1) is 0 Å². The molecule has 0 saturated heterocycles. The lowest BCUT2D eigenvalue weighted by Crippen LogP contribution is -2.44. The Labute approximate surface area is 157 Å². The molecule has 0 bridgehead atoms. The van der Waals surface area contributed by atoms with Gasteiger partial charge in [0.15, 0.2) is 0 Å². The zero-order valence-corrected chi connectivity index (χ0v) is 15.4. The van der Waals surface area contributed by atoms with Crippen molar-refractivity contribution in [3.8, 4) is 6.07 Å². The van der Waals surface area contributed by atoms with Gasteiger partial charge in [-0.2, -0.15) is 9.57 Å². The summed E-state index contributed by atoms with van der Waals surface area (Å²) in [5.74, 6) is -0.561. The molecule has 1 unspecified atom stereocenters. The zero-order chi connectivity index (χ0) is 19.2. The second kappa shape index (κ2) is 6.05. The van der Waals surface area contributed by atoms with Crippen LogP contribution >= 0.6 is 0 Å². The molecule has 2 aliphatic rings. The van der Waals surface area contributed by atoms with Gasteiger partial charge in [-0.1, -0.05) is 36.4 Å². The standard InChI is InChI=1S/C20H16N2O4S/c1-2-26-19(23)17-10-11-22-20(17,15-7-5-6-14(12-15)13-21)16-8-3-4-9-18(16)27(22,24)25/h3-10,12H,2,11H2,1H3. The third-order valence-corrected chi connectivity index (χ3v) is 6.89. The minimum Gasteiger partial charge on any atom is -0.463 e. The highest BCUT2D eigenvalue weighted by Crippen LogP contribution is 2.55. The molecule has 2 aliphatic heterocycles. The first kappa shape index (κ1) is 17.5. The first-order valence-corrected chi connectivity index (χ1v) is 9.92. The Morgan fingerprint density at radius 1 is 1.26 bits per heavy atom. The van der Waals surface area contributed by atoms with E-state index in [-0.39, 0.29) is 23.6 Å². The van der Waals surface area contributed by atoms with Gasteiger partial charge >= 0.3 is 5.97 Å². The van der Waals surface area contributed by atoms with E-state index in [1.54, 1.807) is 61.5 Å². The Hall–Kier alpha value is -2.95. The fraction of sp³-hybridized carbons (Fsp3) is 0.200. The minimum atomic E-state index is -3.80. The maximum Gasteiger partial charge on any atom is 0.336 e. The zero-order valence-electron chi connectivity index (χ0n) is 14.5. The Kier molecular flexibility index (Phi) is 3.91. The molecular formula is C20H16N2O4S. The third kappa shape index (κ3) is 2.21. The lowest BCUT2D eigenvalue weighted by atomic mass is 9.77. The van der Waals surface area contributed by atoms with Crippen LogP contribution in [0.2, 0.25) is 0 Å². The highest BCUT2D eigenvalue weighted by atomic mass is 32.2. The van der Waals surface area contributed by atoms with E-state index in [1.165, 1.54) is 4.31 Å². The van der Waals surface area contributed by atoms with Gasteiger partial charge in [0.05, 0.1) is 28.7 Å². The summed E-state index contributed by atoms with van der Waals surface area (Å²) in [5, 5.41) is 9.31. The number of sulfonamides is 1. The van der Waals surface area contributed by atoms with Crippen LogP contribution in [0.3, 0.4) is 0 Å². The summed E-state index contributed by atoms with van der Waals surface area (Å²) in [6.07, 6.45) is 1.60. The van der Waals surface area contributed by atoms with Crippen molar-refractivity contribution in [2.45, 2.75) is 17.4 Å². The van der Waals surface area contributed by atoms with E-state index in [0.717, 1.165) is 0 Å². The Balaban J connectivity index is 2.08. The number of nitriles is 1. The van der Waals surface area contributed by atoms with Crippen molar-refractivity contribution in [2.24, 2.45) is 0 Å². The Morgan fingerprint density at radius 3 is 2.78 bits per heavy atom. The lowest BCUT2D eigenvalue weighted by Gasteiger charge is -2.34. The van der Waals surface area contributed by atoms with E-state index in [9.17, 15) is 18.5 Å². The Bertz CT molecular complexity index is 1130. The highest BCUT2D eigenvalue weighted by molar-refractivity contribution is 7.89. The number of carbonyl (C=O) groups excluding carboxylic acids is 1. The van der Waals surface area contributed by atoms with Crippen molar-refractivity contribution in [1.29, 1.82) is 5.26 Å². The van der Waals surface area contributed by atoms with Crippen LogP contribution in [-0.4, -0.2) is 31.8 Å². The van der Waals surface area contributed by atoms with Gasteiger partial charge in [-0.3, -0.25) is 0 Å². The average Bonchev–Trinajstić information content (AvgIpc) is 3.18. The highest BCUT2D eigenvalue weighted by Gasteiger charge is 2.61. The van der Waals surface area contributed by atoms with Crippen LogP contribution in [-0.2, 0) is 25.1 Å². The fourth-order valence-electron chi connectivity index (χ4n) is 3.97. The fourth-order valence-corrected chi connectivity index (χ4v) is 5.88. The van der Waals surface area contributed by atoms with Gasteiger partial charge in [0, 0.05) is 12.1 Å². The van der Waals surface area contributed by atoms with Crippen LogP contribution in [0.1, 0.15) is 23.6 Å². The van der Waals surface area contributed by atoms with E-state index in [2.05, 4.69) is 6.07 Å². The minimum absolute atomic E-state index is 0.0575. The quantitative estimate of drug-likeness (QED) is 0.763. The smallest absolute Gasteiger partial charge is 0.336 e. The van der Waals surface area contributed by atoms with Crippen molar-refractivity contribution in [1.82, 2.24) is 4.31 Å². The van der Waals surface area contributed by atoms with Crippen molar-refractivity contribution in [3.05, 3.63) is 76.9 Å². The number of nitrogens with zero attached hydrogens (tertiary/aromatic N) is 2. The summed E-state index contributed by atoms with van der Waals surface area (Å²) < 4.78 is 32.9. The molecule has 0 saturated carbocycles. The van der Waals surface area contributed by atoms with Gasteiger partial charge < -0.3 is 4.74 Å². The second-order valence-corrected chi connectivity index (χ2v) is 8.10. The topological polar surface area (TPSA) is 87.5 Å². The monoisotopic (exact) mass is 380 g/mol.